The van der Waals surface area contributed by atoms with Crippen LogP contribution >= 0.6 is 0 Å². The molecule has 1 aliphatic heterocycles. The monoisotopic (exact) mass is 395 g/mol. The van der Waals surface area contributed by atoms with Gasteiger partial charge in [-0.05, 0) is 61.4 Å². The molecule has 0 unspecified atom stereocenters. The molecule has 0 spiro atoms. The summed E-state index contributed by atoms with van der Waals surface area (Å²) in [5, 5.41) is 2.87. The molecule has 2 aromatic carbocycles. The van der Waals surface area contributed by atoms with Crippen LogP contribution in [0.5, 0.6) is 5.75 Å². The molecular weight excluding hydrogens is 366 g/mol. The standard InChI is InChI=1S/C23H29N3O3/c1-4-23(28)26-11-9-25(10-12-26)20-7-5-19(6-8-20)24-22(27)16-29-21-14-17(2)13-18(3)15-21/h5-8,13-15H,4,9-12,16H2,1-3H3,(H,24,27). The molecule has 154 valence electrons. The molecule has 6 nitrogen and oxygen atoms in total. The normalized spacial score (nSPS) is 13.9. The number of amides is 2. The summed E-state index contributed by atoms with van der Waals surface area (Å²) in [7, 11) is 0. The van der Waals surface area contributed by atoms with E-state index in [0.29, 0.717) is 12.2 Å². The van der Waals surface area contributed by atoms with Crippen LogP contribution in [0.3, 0.4) is 0 Å². The van der Waals surface area contributed by atoms with Crippen molar-refractivity contribution in [2.45, 2.75) is 27.2 Å². The van der Waals surface area contributed by atoms with E-state index in [4.69, 9.17) is 4.74 Å². The van der Waals surface area contributed by atoms with Crippen molar-refractivity contribution in [1.29, 1.82) is 0 Å². The molecule has 1 saturated heterocycles. The smallest absolute Gasteiger partial charge is 0.262 e. The Balaban J connectivity index is 1.49. The zero-order valence-corrected chi connectivity index (χ0v) is 17.4. The average Bonchev–Trinajstić information content (AvgIpc) is 2.72. The van der Waals surface area contributed by atoms with Gasteiger partial charge in [0.1, 0.15) is 5.75 Å². The quantitative estimate of drug-likeness (QED) is 0.815. The molecule has 1 aliphatic rings. The number of piperazine rings is 1. The van der Waals surface area contributed by atoms with Crippen LogP contribution in [0.2, 0.25) is 0 Å². The highest BCUT2D eigenvalue weighted by Crippen LogP contribution is 2.20. The van der Waals surface area contributed by atoms with Gasteiger partial charge in [0, 0.05) is 44.0 Å². The van der Waals surface area contributed by atoms with Gasteiger partial charge in [0.2, 0.25) is 5.91 Å². The topological polar surface area (TPSA) is 61.9 Å². The van der Waals surface area contributed by atoms with Gasteiger partial charge in [0.25, 0.3) is 5.91 Å². The zero-order valence-electron chi connectivity index (χ0n) is 17.4. The van der Waals surface area contributed by atoms with E-state index in [9.17, 15) is 9.59 Å². The van der Waals surface area contributed by atoms with Gasteiger partial charge in [-0.2, -0.15) is 0 Å². The molecule has 0 aliphatic carbocycles. The van der Waals surface area contributed by atoms with Gasteiger partial charge in [-0.15, -0.1) is 0 Å². The molecule has 1 heterocycles. The minimum absolute atomic E-state index is 0.0297. The number of carbonyl (C=O) groups is 2. The highest BCUT2D eigenvalue weighted by Gasteiger charge is 2.20. The van der Waals surface area contributed by atoms with Crippen molar-refractivity contribution in [3.63, 3.8) is 0 Å². The van der Waals surface area contributed by atoms with Gasteiger partial charge in [-0.1, -0.05) is 13.0 Å². The molecule has 1 fully saturated rings. The van der Waals surface area contributed by atoms with E-state index in [0.717, 1.165) is 48.7 Å². The zero-order chi connectivity index (χ0) is 20.8. The van der Waals surface area contributed by atoms with Crippen LogP contribution in [0, 0.1) is 13.8 Å². The van der Waals surface area contributed by atoms with Crippen LogP contribution in [0.25, 0.3) is 0 Å². The second-order valence-electron chi connectivity index (χ2n) is 7.43. The van der Waals surface area contributed by atoms with Gasteiger partial charge >= 0.3 is 0 Å². The number of aryl methyl sites for hydroxylation is 2. The number of nitrogens with one attached hydrogen (secondary N) is 1. The Morgan fingerprint density at radius 3 is 2.17 bits per heavy atom. The van der Waals surface area contributed by atoms with E-state index in [1.807, 2.05) is 62.1 Å². The Kier molecular flexibility index (Phi) is 6.75. The number of rotatable bonds is 6. The fraction of sp³-hybridized carbons (Fsp3) is 0.391. The molecule has 29 heavy (non-hydrogen) atoms. The first kappa shape index (κ1) is 20.7. The van der Waals surface area contributed by atoms with Crippen LogP contribution < -0.4 is 15.0 Å². The lowest BCUT2D eigenvalue weighted by atomic mass is 10.1. The summed E-state index contributed by atoms with van der Waals surface area (Å²) in [6.45, 7) is 9.02. The molecule has 0 radical (unpaired) electrons. The lowest BCUT2D eigenvalue weighted by Gasteiger charge is -2.36. The van der Waals surface area contributed by atoms with Gasteiger partial charge in [0.05, 0.1) is 0 Å². The maximum Gasteiger partial charge on any atom is 0.262 e. The van der Waals surface area contributed by atoms with Crippen molar-refractivity contribution in [2.75, 3.05) is 43.0 Å². The van der Waals surface area contributed by atoms with Crippen molar-refractivity contribution >= 4 is 23.2 Å². The number of hydrogen-bond acceptors (Lipinski definition) is 4. The van der Waals surface area contributed by atoms with Crippen molar-refractivity contribution in [3.05, 3.63) is 53.6 Å². The first-order chi connectivity index (χ1) is 13.9. The number of ether oxygens (including phenoxy) is 1. The number of carbonyl (C=O) groups excluding carboxylic acids is 2. The van der Waals surface area contributed by atoms with E-state index in [2.05, 4.69) is 16.3 Å². The highest BCUT2D eigenvalue weighted by molar-refractivity contribution is 5.92. The lowest BCUT2D eigenvalue weighted by Crippen LogP contribution is -2.48. The lowest BCUT2D eigenvalue weighted by molar-refractivity contribution is -0.131. The molecule has 2 amide bonds. The Hall–Kier alpha value is -3.02. The van der Waals surface area contributed by atoms with Crippen molar-refractivity contribution < 1.29 is 14.3 Å². The molecule has 6 heteroatoms. The van der Waals surface area contributed by atoms with E-state index in [1.165, 1.54) is 0 Å². The third-order valence-electron chi connectivity index (χ3n) is 5.02. The summed E-state index contributed by atoms with van der Waals surface area (Å²) >= 11 is 0. The maximum absolute atomic E-state index is 12.2. The largest absolute Gasteiger partial charge is 0.484 e. The van der Waals surface area contributed by atoms with Gasteiger partial charge in [-0.3, -0.25) is 9.59 Å². The molecule has 0 aromatic heterocycles. The van der Waals surface area contributed by atoms with Gasteiger partial charge < -0.3 is 19.9 Å². The minimum atomic E-state index is -0.191. The molecular formula is C23H29N3O3. The maximum atomic E-state index is 12.2. The fourth-order valence-corrected chi connectivity index (χ4v) is 3.56. The Bertz CT molecular complexity index is 836. The third-order valence-corrected chi connectivity index (χ3v) is 5.02. The summed E-state index contributed by atoms with van der Waals surface area (Å²) < 4.78 is 5.61. The number of hydrogen-bond donors (Lipinski definition) is 1. The van der Waals surface area contributed by atoms with Crippen LogP contribution in [-0.4, -0.2) is 49.5 Å². The third kappa shape index (κ3) is 5.73. The highest BCUT2D eigenvalue weighted by atomic mass is 16.5. The predicted octanol–water partition coefficient (Wildman–Crippen LogP) is 3.38. The molecule has 0 atom stereocenters. The van der Waals surface area contributed by atoms with Crippen molar-refractivity contribution in [2.24, 2.45) is 0 Å². The first-order valence-electron chi connectivity index (χ1n) is 10.1. The van der Waals surface area contributed by atoms with Gasteiger partial charge in [0.15, 0.2) is 6.61 Å². The number of benzene rings is 2. The van der Waals surface area contributed by atoms with E-state index >= 15 is 0 Å². The van der Waals surface area contributed by atoms with E-state index in [-0.39, 0.29) is 18.4 Å². The van der Waals surface area contributed by atoms with Gasteiger partial charge in [-0.25, -0.2) is 0 Å². The van der Waals surface area contributed by atoms with Crippen molar-refractivity contribution in [1.82, 2.24) is 4.90 Å². The summed E-state index contributed by atoms with van der Waals surface area (Å²) in [6.07, 6.45) is 0.557. The Morgan fingerprint density at radius 1 is 0.966 bits per heavy atom. The second-order valence-corrected chi connectivity index (χ2v) is 7.43. The predicted molar refractivity (Wildman–Crippen MR) is 116 cm³/mol. The minimum Gasteiger partial charge on any atom is -0.484 e. The van der Waals surface area contributed by atoms with E-state index in [1.54, 1.807) is 0 Å². The average molecular weight is 396 g/mol. The van der Waals surface area contributed by atoms with Crippen molar-refractivity contribution in [3.8, 4) is 5.75 Å². The Morgan fingerprint density at radius 2 is 1.59 bits per heavy atom. The Labute approximate surface area is 172 Å². The molecule has 0 saturated carbocycles. The van der Waals surface area contributed by atoms with Crippen LogP contribution in [0.1, 0.15) is 24.5 Å². The van der Waals surface area contributed by atoms with E-state index < -0.39 is 0 Å². The SMILES string of the molecule is CCC(=O)N1CCN(c2ccc(NC(=O)COc3cc(C)cc(C)c3)cc2)CC1. The van der Waals surface area contributed by atoms with Crippen LogP contribution in [0.4, 0.5) is 11.4 Å². The van der Waals surface area contributed by atoms with Crippen LogP contribution in [0.15, 0.2) is 42.5 Å². The molecule has 0 bridgehead atoms. The number of nitrogens with zero attached hydrogens (tertiary/aromatic N) is 2. The number of anilines is 2. The molecule has 2 aromatic rings. The van der Waals surface area contributed by atoms with Crippen LogP contribution in [-0.2, 0) is 9.59 Å². The summed E-state index contributed by atoms with van der Waals surface area (Å²) in [6, 6.07) is 13.7. The first-order valence-corrected chi connectivity index (χ1v) is 10.1. The fourth-order valence-electron chi connectivity index (χ4n) is 3.56. The molecule has 3 rings (SSSR count). The summed E-state index contributed by atoms with van der Waals surface area (Å²) in [5.41, 5.74) is 4.05. The summed E-state index contributed by atoms with van der Waals surface area (Å²) in [5.74, 6) is 0.725. The molecule has 1 N–H and O–H groups in total. The summed E-state index contributed by atoms with van der Waals surface area (Å²) in [4.78, 5) is 28.2. The second kappa shape index (κ2) is 9.45.